The largest absolute Gasteiger partial charge is 0.382 e. The summed E-state index contributed by atoms with van der Waals surface area (Å²) >= 11 is 0. The van der Waals surface area contributed by atoms with Crippen LogP contribution in [-0.4, -0.2) is 19.7 Å². The zero-order chi connectivity index (χ0) is 15.0. The Morgan fingerprint density at radius 1 is 1.29 bits per heavy atom. The van der Waals surface area contributed by atoms with Crippen molar-refractivity contribution in [3.63, 3.8) is 0 Å². The molecule has 0 atom stereocenters. The maximum absolute atomic E-state index is 9.04. The number of fused-ring (bicyclic) bond motifs is 3. The lowest BCUT2D eigenvalue weighted by Gasteiger charge is -2.12. The van der Waals surface area contributed by atoms with Gasteiger partial charge in [0, 0.05) is 11.9 Å². The first-order valence-electron chi connectivity index (χ1n) is 7.02. The number of benzene rings is 1. The summed E-state index contributed by atoms with van der Waals surface area (Å²) < 4.78 is 2.11. The van der Waals surface area contributed by atoms with Crippen molar-refractivity contribution >= 4 is 27.8 Å². The minimum atomic E-state index is 0.273. The van der Waals surface area contributed by atoms with Crippen molar-refractivity contribution in [2.75, 3.05) is 5.73 Å². The van der Waals surface area contributed by atoms with Gasteiger partial charge in [-0.3, -0.25) is 0 Å². The van der Waals surface area contributed by atoms with Gasteiger partial charge >= 0.3 is 0 Å². The molecule has 0 bridgehead atoms. The van der Waals surface area contributed by atoms with Gasteiger partial charge in [-0.05, 0) is 12.0 Å². The molecule has 0 fully saturated rings. The lowest BCUT2D eigenvalue weighted by Crippen LogP contribution is -2.15. The number of pyridine rings is 1. The Bertz CT molecular complexity index is 793. The van der Waals surface area contributed by atoms with Crippen molar-refractivity contribution in [2.45, 2.75) is 26.9 Å². The molecule has 21 heavy (non-hydrogen) atoms. The van der Waals surface area contributed by atoms with Crippen molar-refractivity contribution in [1.82, 2.24) is 20.0 Å². The van der Waals surface area contributed by atoms with Crippen molar-refractivity contribution in [3.05, 3.63) is 30.1 Å². The molecule has 1 aromatic carbocycles. The number of nitrogens with two attached hydrogens (primary N) is 1. The molecule has 0 aliphatic rings. The van der Waals surface area contributed by atoms with E-state index in [1.54, 1.807) is 0 Å². The average Bonchev–Trinajstić information content (AvgIpc) is 2.79. The summed E-state index contributed by atoms with van der Waals surface area (Å²) in [5, 5.41) is 10.1. The molecule has 2 heterocycles. The summed E-state index contributed by atoms with van der Waals surface area (Å²) in [6.07, 6.45) is 0. The molecule has 0 spiro atoms. The van der Waals surface area contributed by atoms with Gasteiger partial charge in [-0.15, -0.1) is 0 Å². The molecule has 2 aromatic heterocycles. The Morgan fingerprint density at radius 2 is 2.05 bits per heavy atom. The number of para-hydroxylation sites is 1. The number of nitrogens with one attached hydrogen (secondary N) is 1. The zero-order valence-electron chi connectivity index (χ0n) is 12.2. The molecule has 110 valence electrons. The Labute approximate surface area is 122 Å². The van der Waals surface area contributed by atoms with Gasteiger partial charge in [0.1, 0.15) is 11.3 Å². The summed E-state index contributed by atoms with van der Waals surface area (Å²) in [7, 11) is 0. The third-order valence-electron chi connectivity index (χ3n) is 3.47. The number of nitrogen functional groups attached to an aromatic ring is 1. The quantitative estimate of drug-likeness (QED) is 0.640. The molecule has 3 rings (SSSR count). The van der Waals surface area contributed by atoms with E-state index in [1.807, 2.05) is 24.3 Å². The minimum Gasteiger partial charge on any atom is -0.382 e. The fourth-order valence-electron chi connectivity index (χ4n) is 2.67. The van der Waals surface area contributed by atoms with Crippen LogP contribution in [0.5, 0.6) is 0 Å². The zero-order valence-corrected chi connectivity index (χ0v) is 12.2. The smallest absolute Gasteiger partial charge is 0.152 e. The molecule has 0 aliphatic heterocycles. The second-order valence-corrected chi connectivity index (χ2v) is 5.58. The molecular weight excluding hydrogens is 266 g/mol. The predicted molar refractivity (Wildman–Crippen MR) is 82.9 cm³/mol. The third kappa shape index (κ3) is 2.32. The van der Waals surface area contributed by atoms with Gasteiger partial charge in [0.15, 0.2) is 5.82 Å². The van der Waals surface area contributed by atoms with Crippen LogP contribution in [-0.2, 0) is 13.1 Å². The fourth-order valence-corrected chi connectivity index (χ4v) is 2.67. The SMILES string of the molecule is CC(C)Cn1c(CNO)nc2c(N)nc3ccccc3c21. The Kier molecular flexibility index (Phi) is 3.48. The van der Waals surface area contributed by atoms with E-state index in [9.17, 15) is 0 Å². The molecular formula is C15H19N5O. The van der Waals surface area contributed by atoms with Gasteiger partial charge in [0.25, 0.3) is 0 Å². The standard InChI is InChI=1S/C15H19N5O/c1-9(2)8-20-12(7-17-21)19-13-14(20)10-5-3-4-6-11(10)18-15(13)16/h3-6,9,17,21H,7-8H2,1-2H3,(H2,16,18). The fraction of sp³-hybridized carbons (Fsp3) is 0.333. The maximum Gasteiger partial charge on any atom is 0.152 e. The van der Waals surface area contributed by atoms with Crippen LogP contribution in [0.4, 0.5) is 5.82 Å². The number of imidazole rings is 1. The normalized spacial score (nSPS) is 11.8. The second-order valence-electron chi connectivity index (χ2n) is 5.58. The molecule has 0 saturated heterocycles. The molecule has 6 nitrogen and oxygen atoms in total. The van der Waals surface area contributed by atoms with Gasteiger partial charge in [0.2, 0.25) is 0 Å². The molecule has 6 heteroatoms. The van der Waals surface area contributed by atoms with E-state index < -0.39 is 0 Å². The summed E-state index contributed by atoms with van der Waals surface area (Å²) in [6, 6.07) is 7.90. The molecule has 0 radical (unpaired) electrons. The number of aromatic nitrogens is 3. The first kappa shape index (κ1) is 13.8. The summed E-state index contributed by atoms with van der Waals surface area (Å²) in [5.74, 6) is 1.63. The number of hydroxylamine groups is 1. The number of hydrogen-bond acceptors (Lipinski definition) is 5. The van der Waals surface area contributed by atoms with Gasteiger partial charge in [-0.1, -0.05) is 32.0 Å². The number of hydrogen-bond donors (Lipinski definition) is 3. The van der Waals surface area contributed by atoms with E-state index in [2.05, 4.69) is 33.9 Å². The topological polar surface area (TPSA) is 89.0 Å². The Hall–Kier alpha value is -2.18. The monoisotopic (exact) mass is 285 g/mol. The van der Waals surface area contributed by atoms with Gasteiger partial charge in [-0.25, -0.2) is 9.97 Å². The van der Waals surface area contributed by atoms with Crippen molar-refractivity contribution < 1.29 is 5.21 Å². The lowest BCUT2D eigenvalue weighted by molar-refractivity contribution is 0.157. The van der Waals surface area contributed by atoms with Crippen LogP contribution in [0, 0.1) is 5.92 Å². The predicted octanol–water partition coefficient (Wildman–Crippen LogP) is 2.30. The Balaban J connectivity index is 2.39. The van der Waals surface area contributed by atoms with Crippen molar-refractivity contribution in [3.8, 4) is 0 Å². The van der Waals surface area contributed by atoms with Crippen molar-refractivity contribution in [2.24, 2.45) is 5.92 Å². The van der Waals surface area contributed by atoms with E-state index in [4.69, 9.17) is 10.9 Å². The Morgan fingerprint density at radius 3 is 2.76 bits per heavy atom. The van der Waals surface area contributed by atoms with Crippen LogP contribution in [0.3, 0.4) is 0 Å². The average molecular weight is 285 g/mol. The second kappa shape index (κ2) is 5.31. The van der Waals surface area contributed by atoms with Crippen LogP contribution in [0.2, 0.25) is 0 Å². The number of anilines is 1. The number of rotatable bonds is 4. The molecule has 3 aromatic rings. The molecule has 0 saturated carbocycles. The van der Waals surface area contributed by atoms with Crippen LogP contribution < -0.4 is 11.2 Å². The lowest BCUT2D eigenvalue weighted by atomic mass is 10.1. The van der Waals surface area contributed by atoms with E-state index in [-0.39, 0.29) is 6.54 Å². The highest BCUT2D eigenvalue weighted by atomic mass is 16.5. The van der Waals surface area contributed by atoms with Crippen molar-refractivity contribution in [1.29, 1.82) is 0 Å². The highest BCUT2D eigenvalue weighted by Gasteiger charge is 2.17. The van der Waals surface area contributed by atoms with Crippen LogP contribution in [0.25, 0.3) is 21.9 Å². The molecule has 0 aliphatic carbocycles. The van der Waals surface area contributed by atoms with Gasteiger partial charge in [0.05, 0.1) is 17.6 Å². The van der Waals surface area contributed by atoms with Gasteiger partial charge in [-0.2, -0.15) is 5.48 Å². The van der Waals surface area contributed by atoms with Crippen LogP contribution >= 0.6 is 0 Å². The highest BCUT2D eigenvalue weighted by Crippen LogP contribution is 2.29. The van der Waals surface area contributed by atoms with Crippen LogP contribution in [0.1, 0.15) is 19.7 Å². The molecule has 4 N–H and O–H groups in total. The van der Waals surface area contributed by atoms with Gasteiger partial charge < -0.3 is 15.5 Å². The first-order valence-corrected chi connectivity index (χ1v) is 7.02. The third-order valence-corrected chi connectivity index (χ3v) is 3.47. The summed E-state index contributed by atoms with van der Waals surface area (Å²) in [5.41, 5.74) is 10.8. The summed E-state index contributed by atoms with van der Waals surface area (Å²) in [4.78, 5) is 8.97. The highest BCUT2D eigenvalue weighted by molar-refractivity contribution is 6.06. The maximum atomic E-state index is 9.04. The molecule has 0 amide bonds. The van der Waals surface area contributed by atoms with E-state index in [1.165, 1.54) is 0 Å². The van der Waals surface area contributed by atoms with E-state index >= 15 is 0 Å². The minimum absolute atomic E-state index is 0.273. The summed E-state index contributed by atoms with van der Waals surface area (Å²) in [6.45, 7) is 5.37. The van der Waals surface area contributed by atoms with Crippen LogP contribution in [0.15, 0.2) is 24.3 Å². The molecule has 0 unspecified atom stereocenters. The first-order chi connectivity index (χ1) is 10.1. The van der Waals surface area contributed by atoms with E-state index in [0.29, 0.717) is 17.3 Å². The van der Waals surface area contributed by atoms with E-state index in [0.717, 1.165) is 28.8 Å². The number of nitrogens with zero attached hydrogens (tertiary/aromatic N) is 3.